The van der Waals surface area contributed by atoms with Gasteiger partial charge in [0.25, 0.3) is 0 Å². The maximum Gasteiger partial charge on any atom is 0.134 e. The van der Waals surface area contributed by atoms with Crippen LogP contribution in [0.5, 0.6) is 0 Å². The largest absolute Gasteiger partial charge is 0.363 e. The van der Waals surface area contributed by atoms with E-state index in [1.807, 2.05) is 35.6 Å². The highest BCUT2D eigenvalue weighted by molar-refractivity contribution is 7.99. The van der Waals surface area contributed by atoms with Gasteiger partial charge in [0.15, 0.2) is 0 Å². The minimum atomic E-state index is -0.254. The van der Waals surface area contributed by atoms with Crippen molar-refractivity contribution in [2.75, 3.05) is 34.8 Å². The van der Waals surface area contributed by atoms with E-state index in [2.05, 4.69) is 32.2 Å². The van der Waals surface area contributed by atoms with Gasteiger partial charge in [0, 0.05) is 41.9 Å². The standard InChI is InChI=1S/C20H23FN6S/c1-14(18-12-24-27(15(18)2)17-5-3-16(21)4-6-17)25-19-11-20(23-13-22-19)26-7-9-28-10-8-26/h3-6,11-14H,7-10H2,1-2H3,(H,22,23,25). The third-order valence-corrected chi connectivity index (χ3v) is 5.88. The predicted octanol–water partition coefficient (Wildman–Crippen LogP) is 3.84. The van der Waals surface area contributed by atoms with E-state index >= 15 is 0 Å². The second kappa shape index (κ2) is 8.18. The van der Waals surface area contributed by atoms with Crippen molar-refractivity contribution in [3.05, 3.63) is 59.9 Å². The summed E-state index contributed by atoms with van der Waals surface area (Å²) in [7, 11) is 0. The van der Waals surface area contributed by atoms with Crippen LogP contribution in [0.1, 0.15) is 24.2 Å². The van der Waals surface area contributed by atoms with Gasteiger partial charge in [0.1, 0.15) is 23.8 Å². The smallest absolute Gasteiger partial charge is 0.134 e. The van der Waals surface area contributed by atoms with Crippen molar-refractivity contribution in [1.29, 1.82) is 0 Å². The highest BCUT2D eigenvalue weighted by Gasteiger charge is 2.17. The molecule has 6 nitrogen and oxygen atoms in total. The minimum absolute atomic E-state index is 0.0221. The lowest BCUT2D eigenvalue weighted by molar-refractivity contribution is 0.627. The highest BCUT2D eigenvalue weighted by Crippen LogP contribution is 2.25. The summed E-state index contributed by atoms with van der Waals surface area (Å²) < 4.78 is 15.0. The Morgan fingerprint density at radius 2 is 1.89 bits per heavy atom. The molecule has 0 saturated carbocycles. The third-order valence-electron chi connectivity index (χ3n) is 4.94. The maximum atomic E-state index is 13.2. The first kappa shape index (κ1) is 18.7. The summed E-state index contributed by atoms with van der Waals surface area (Å²) in [5.41, 5.74) is 2.91. The van der Waals surface area contributed by atoms with Gasteiger partial charge in [-0.25, -0.2) is 19.0 Å². The monoisotopic (exact) mass is 398 g/mol. The zero-order valence-electron chi connectivity index (χ0n) is 16.0. The molecular formula is C20H23FN6S. The number of anilines is 2. The van der Waals surface area contributed by atoms with E-state index in [1.165, 1.54) is 12.1 Å². The van der Waals surface area contributed by atoms with Crippen molar-refractivity contribution in [3.63, 3.8) is 0 Å². The van der Waals surface area contributed by atoms with Crippen LogP contribution >= 0.6 is 11.8 Å². The molecule has 0 amide bonds. The van der Waals surface area contributed by atoms with Crippen molar-refractivity contribution in [2.45, 2.75) is 19.9 Å². The summed E-state index contributed by atoms with van der Waals surface area (Å²) >= 11 is 1.98. The molecule has 0 spiro atoms. The molecule has 1 N–H and O–H groups in total. The minimum Gasteiger partial charge on any atom is -0.363 e. The van der Waals surface area contributed by atoms with Crippen molar-refractivity contribution in [1.82, 2.24) is 19.7 Å². The average molecular weight is 399 g/mol. The van der Waals surface area contributed by atoms with Crippen molar-refractivity contribution < 1.29 is 4.39 Å². The van der Waals surface area contributed by atoms with Gasteiger partial charge in [0.2, 0.25) is 0 Å². The predicted molar refractivity (Wildman–Crippen MR) is 112 cm³/mol. The first-order valence-corrected chi connectivity index (χ1v) is 10.5. The van der Waals surface area contributed by atoms with Crippen LogP contribution in [0, 0.1) is 12.7 Å². The van der Waals surface area contributed by atoms with Crippen LogP contribution in [-0.2, 0) is 0 Å². The zero-order valence-corrected chi connectivity index (χ0v) is 16.8. The molecule has 2 aromatic heterocycles. The molecule has 1 atom stereocenters. The van der Waals surface area contributed by atoms with Gasteiger partial charge in [-0.15, -0.1) is 0 Å². The molecule has 0 radical (unpaired) electrons. The van der Waals surface area contributed by atoms with Crippen LogP contribution < -0.4 is 10.2 Å². The molecule has 146 valence electrons. The number of nitrogens with one attached hydrogen (secondary N) is 1. The van der Waals surface area contributed by atoms with Gasteiger partial charge in [-0.05, 0) is 38.1 Å². The van der Waals surface area contributed by atoms with Gasteiger partial charge >= 0.3 is 0 Å². The van der Waals surface area contributed by atoms with Gasteiger partial charge < -0.3 is 10.2 Å². The van der Waals surface area contributed by atoms with E-state index in [0.29, 0.717) is 0 Å². The number of hydrogen-bond donors (Lipinski definition) is 1. The Morgan fingerprint density at radius 3 is 2.64 bits per heavy atom. The zero-order chi connectivity index (χ0) is 19.5. The normalized spacial score (nSPS) is 15.5. The fraction of sp³-hybridized carbons (Fsp3) is 0.350. The van der Waals surface area contributed by atoms with Crippen LogP contribution in [0.3, 0.4) is 0 Å². The molecule has 1 saturated heterocycles. The molecule has 3 aromatic rings. The highest BCUT2D eigenvalue weighted by atomic mass is 32.2. The molecule has 1 fully saturated rings. The summed E-state index contributed by atoms with van der Waals surface area (Å²) in [6, 6.07) is 8.37. The Balaban J connectivity index is 1.51. The summed E-state index contributed by atoms with van der Waals surface area (Å²) in [5, 5.41) is 7.94. The Hall–Kier alpha value is -2.61. The van der Waals surface area contributed by atoms with E-state index in [9.17, 15) is 4.39 Å². The SMILES string of the molecule is Cc1c(C(C)Nc2cc(N3CCSCC3)ncn2)cnn1-c1ccc(F)cc1. The number of aromatic nitrogens is 4. The first-order valence-electron chi connectivity index (χ1n) is 9.33. The van der Waals surface area contributed by atoms with Gasteiger partial charge in [-0.1, -0.05) is 0 Å². The molecular weight excluding hydrogens is 375 g/mol. The van der Waals surface area contributed by atoms with Crippen LogP contribution in [-0.4, -0.2) is 44.3 Å². The van der Waals surface area contributed by atoms with Crippen LogP contribution in [0.4, 0.5) is 16.0 Å². The van der Waals surface area contributed by atoms with Gasteiger partial charge in [-0.3, -0.25) is 0 Å². The van der Waals surface area contributed by atoms with E-state index in [0.717, 1.165) is 53.2 Å². The third kappa shape index (κ3) is 3.96. The lowest BCUT2D eigenvalue weighted by Gasteiger charge is -2.27. The fourth-order valence-corrected chi connectivity index (χ4v) is 4.28. The number of rotatable bonds is 5. The molecule has 1 unspecified atom stereocenters. The van der Waals surface area contributed by atoms with E-state index in [1.54, 1.807) is 18.5 Å². The topological polar surface area (TPSA) is 58.9 Å². The van der Waals surface area contributed by atoms with Crippen molar-refractivity contribution in [3.8, 4) is 5.69 Å². The summed E-state index contributed by atoms with van der Waals surface area (Å²) in [6.07, 6.45) is 3.46. The Morgan fingerprint density at radius 1 is 1.14 bits per heavy atom. The Labute approximate surface area is 168 Å². The maximum absolute atomic E-state index is 13.2. The van der Waals surface area contributed by atoms with E-state index in [-0.39, 0.29) is 11.9 Å². The Kier molecular flexibility index (Phi) is 5.47. The van der Waals surface area contributed by atoms with Gasteiger partial charge in [0.05, 0.1) is 17.9 Å². The van der Waals surface area contributed by atoms with E-state index < -0.39 is 0 Å². The Bertz CT molecular complexity index is 936. The molecule has 1 aliphatic heterocycles. The fourth-order valence-electron chi connectivity index (χ4n) is 3.38. The number of thioether (sulfide) groups is 1. The van der Waals surface area contributed by atoms with Crippen molar-refractivity contribution in [2.24, 2.45) is 0 Å². The lowest BCUT2D eigenvalue weighted by Crippen LogP contribution is -2.33. The number of halogens is 1. The van der Waals surface area contributed by atoms with Crippen molar-refractivity contribution >= 4 is 23.4 Å². The van der Waals surface area contributed by atoms with Crippen LogP contribution in [0.25, 0.3) is 5.69 Å². The molecule has 4 rings (SSSR count). The van der Waals surface area contributed by atoms with E-state index in [4.69, 9.17) is 0 Å². The summed E-state index contributed by atoms with van der Waals surface area (Å²) in [6.45, 7) is 6.12. The quantitative estimate of drug-likeness (QED) is 0.705. The molecule has 0 bridgehead atoms. The second-order valence-electron chi connectivity index (χ2n) is 6.80. The molecule has 1 aromatic carbocycles. The molecule has 8 heteroatoms. The lowest BCUT2D eigenvalue weighted by atomic mass is 10.1. The average Bonchev–Trinajstić information content (AvgIpc) is 3.11. The summed E-state index contributed by atoms with van der Waals surface area (Å²) in [4.78, 5) is 11.1. The number of benzene rings is 1. The molecule has 0 aliphatic carbocycles. The molecule has 28 heavy (non-hydrogen) atoms. The first-order chi connectivity index (χ1) is 13.6. The second-order valence-corrected chi connectivity index (χ2v) is 8.03. The molecule has 3 heterocycles. The molecule has 1 aliphatic rings. The van der Waals surface area contributed by atoms with Crippen LogP contribution in [0.2, 0.25) is 0 Å². The number of nitrogens with zero attached hydrogens (tertiary/aromatic N) is 5. The number of hydrogen-bond acceptors (Lipinski definition) is 6. The summed E-state index contributed by atoms with van der Waals surface area (Å²) in [5.74, 6) is 3.76. The van der Waals surface area contributed by atoms with Gasteiger partial charge in [-0.2, -0.15) is 16.9 Å². The van der Waals surface area contributed by atoms with Crippen LogP contribution in [0.15, 0.2) is 42.9 Å².